The SMILES string of the molecule is CNC(=O)/C(=N/OC)c1c(F)cccc1Oc1cc(Oc2ccccc2Cl)ncn1. The third-order valence-corrected chi connectivity index (χ3v) is 4.03. The Bertz CT molecular complexity index is 1090. The average Bonchev–Trinajstić information content (AvgIpc) is 2.74. The van der Waals surface area contributed by atoms with Crippen LogP contribution >= 0.6 is 11.6 Å². The van der Waals surface area contributed by atoms with Crippen LogP contribution in [0.3, 0.4) is 0 Å². The molecular formula is C20H16ClFN4O4. The number of amides is 1. The molecule has 0 saturated heterocycles. The minimum atomic E-state index is -0.728. The first kappa shape index (κ1) is 21.0. The zero-order valence-corrected chi connectivity index (χ0v) is 16.7. The minimum Gasteiger partial charge on any atom is -0.438 e. The van der Waals surface area contributed by atoms with E-state index in [0.29, 0.717) is 10.8 Å². The third kappa shape index (κ3) is 4.81. The van der Waals surface area contributed by atoms with Gasteiger partial charge >= 0.3 is 0 Å². The molecule has 0 radical (unpaired) electrons. The molecule has 154 valence electrons. The number of nitrogens with zero attached hydrogens (tertiary/aromatic N) is 3. The lowest BCUT2D eigenvalue weighted by atomic mass is 10.1. The van der Waals surface area contributed by atoms with E-state index in [0.717, 1.165) is 0 Å². The van der Waals surface area contributed by atoms with Gasteiger partial charge in [-0.25, -0.2) is 14.4 Å². The maximum atomic E-state index is 14.6. The van der Waals surface area contributed by atoms with Crippen LogP contribution in [0.2, 0.25) is 5.02 Å². The van der Waals surface area contributed by atoms with Gasteiger partial charge in [0.15, 0.2) is 5.71 Å². The van der Waals surface area contributed by atoms with Gasteiger partial charge < -0.3 is 19.6 Å². The fourth-order valence-electron chi connectivity index (χ4n) is 2.42. The summed E-state index contributed by atoms with van der Waals surface area (Å²) in [4.78, 5) is 24.8. The highest BCUT2D eigenvalue weighted by atomic mass is 35.5. The van der Waals surface area contributed by atoms with E-state index < -0.39 is 11.7 Å². The molecule has 0 unspecified atom stereocenters. The van der Waals surface area contributed by atoms with E-state index in [2.05, 4.69) is 25.3 Å². The average molecular weight is 431 g/mol. The Kier molecular flexibility index (Phi) is 6.76. The van der Waals surface area contributed by atoms with Crippen molar-refractivity contribution in [1.82, 2.24) is 15.3 Å². The molecule has 30 heavy (non-hydrogen) atoms. The third-order valence-electron chi connectivity index (χ3n) is 3.72. The van der Waals surface area contributed by atoms with Crippen LogP contribution in [-0.2, 0) is 9.63 Å². The van der Waals surface area contributed by atoms with Gasteiger partial charge in [-0.3, -0.25) is 4.79 Å². The summed E-state index contributed by atoms with van der Waals surface area (Å²) in [5, 5.41) is 6.40. The van der Waals surface area contributed by atoms with E-state index in [1.54, 1.807) is 24.3 Å². The molecule has 3 rings (SSSR count). The molecule has 1 aromatic heterocycles. The predicted molar refractivity (Wildman–Crippen MR) is 108 cm³/mol. The summed E-state index contributed by atoms with van der Waals surface area (Å²) >= 11 is 6.09. The van der Waals surface area contributed by atoms with Gasteiger partial charge in [-0.2, -0.15) is 0 Å². The number of carbonyl (C=O) groups is 1. The first-order valence-corrected chi connectivity index (χ1v) is 8.95. The van der Waals surface area contributed by atoms with Crippen LogP contribution in [-0.4, -0.2) is 35.7 Å². The first-order chi connectivity index (χ1) is 14.5. The van der Waals surface area contributed by atoms with Crippen molar-refractivity contribution in [1.29, 1.82) is 0 Å². The van der Waals surface area contributed by atoms with Crippen LogP contribution in [0, 0.1) is 5.82 Å². The second-order valence-electron chi connectivity index (χ2n) is 5.64. The molecule has 0 bridgehead atoms. The van der Waals surface area contributed by atoms with Gasteiger partial charge in [0.2, 0.25) is 11.8 Å². The Hall–Kier alpha value is -3.72. The van der Waals surface area contributed by atoms with Crippen LogP contribution in [0.5, 0.6) is 23.3 Å². The van der Waals surface area contributed by atoms with E-state index in [-0.39, 0.29) is 28.8 Å². The second-order valence-corrected chi connectivity index (χ2v) is 6.05. The maximum Gasteiger partial charge on any atom is 0.273 e. The number of carbonyl (C=O) groups excluding carboxylic acids is 1. The van der Waals surface area contributed by atoms with Gasteiger partial charge in [0.1, 0.15) is 30.8 Å². The molecule has 2 aromatic carbocycles. The highest BCUT2D eigenvalue weighted by Gasteiger charge is 2.23. The quantitative estimate of drug-likeness (QED) is 0.450. The fraction of sp³-hybridized carbons (Fsp3) is 0.100. The largest absolute Gasteiger partial charge is 0.438 e. The summed E-state index contributed by atoms with van der Waals surface area (Å²) in [7, 11) is 2.63. The van der Waals surface area contributed by atoms with Crippen molar-refractivity contribution in [3.63, 3.8) is 0 Å². The summed E-state index contributed by atoms with van der Waals surface area (Å²) in [6, 6.07) is 12.3. The molecular weight excluding hydrogens is 415 g/mol. The van der Waals surface area contributed by atoms with Crippen molar-refractivity contribution in [3.05, 3.63) is 71.3 Å². The van der Waals surface area contributed by atoms with Crippen molar-refractivity contribution in [3.8, 4) is 23.3 Å². The number of aromatic nitrogens is 2. The minimum absolute atomic E-state index is 0.00297. The smallest absolute Gasteiger partial charge is 0.273 e. The number of nitrogens with one attached hydrogen (secondary N) is 1. The molecule has 10 heteroatoms. The van der Waals surface area contributed by atoms with Gasteiger partial charge in [-0.05, 0) is 24.3 Å². The van der Waals surface area contributed by atoms with Crippen molar-refractivity contribution in [2.75, 3.05) is 14.2 Å². The molecule has 0 aliphatic heterocycles. The Morgan fingerprint density at radius 3 is 2.40 bits per heavy atom. The topological polar surface area (TPSA) is 94.9 Å². The van der Waals surface area contributed by atoms with Crippen LogP contribution in [0.15, 0.2) is 60.0 Å². The Labute approximate surface area is 176 Å². The first-order valence-electron chi connectivity index (χ1n) is 8.58. The molecule has 0 aliphatic rings. The second kappa shape index (κ2) is 9.66. The number of likely N-dealkylation sites (N-methyl/N-ethyl adjacent to an activating group) is 1. The van der Waals surface area contributed by atoms with Gasteiger partial charge in [-0.15, -0.1) is 0 Å². The number of benzene rings is 2. The summed E-state index contributed by atoms with van der Waals surface area (Å²) in [5.74, 6) is -0.789. The summed E-state index contributed by atoms with van der Waals surface area (Å²) in [6.45, 7) is 0. The van der Waals surface area contributed by atoms with Crippen molar-refractivity contribution >= 4 is 23.2 Å². The van der Waals surface area contributed by atoms with Gasteiger partial charge in [0.25, 0.3) is 5.91 Å². The number of ether oxygens (including phenoxy) is 2. The standard InChI is InChI=1S/C20H16ClFN4O4/c1-23-20(27)19(26-28-2)18-13(22)7-5-9-15(18)30-17-10-16(24-11-25-17)29-14-8-4-3-6-12(14)21/h3-11H,1-2H3,(H,23,27)/b26-19+. The lowest BCUT2D eigenvalue weighted by Gasteiger charge is -2.13. The van der Waals surface area contributed by atoms with Crippen molar-refractivity contribution in [2.24, 2.45) is 5.16 Å². The lowest BCUT2D eigenvalue weighted by Crippen LogP contribution is -2.29. The highest BCUT2D eigenvalue weighted by molar-refractivity contribution is 6.45. The number of oxime groups is 1. The molecule has 3 aromatic rings. The van der Waals surface area contributed by atoms with E-state index in [1.807, 2.05) is 0 Å². The molecule has 0 saturated carbocycles. The molecule has 0 atom stereocenters. The van der Waals surface area contributed by atoms with Crippen LogP contribution in [0.1, 0.15) is 5.56 Å². The number of rotatable bonds is 7. The molecule has 0 spiro atoms. The molecule has 1 amide bonds. The zero-order valence-electron chi connectivity index (χ0n) is 15.9. The van der Waals surface area contributed by atoms with E-state index in [9.17, 15) is 9.18 Å². The summed E-state index contributed by atoms with van der Waals surface area (Å²) in [6.07, 6.45) is 1.21. The summed E-state index contributed by atoms with van der Waals surface area (Å²) < 4.78 is 25.9. The zero-order chi connectivity index (χ0) is 21.5. The molecule has 8 nitrogen and oxygen atoms in total. The van der Waals surface area contributed by atoms with Crippen LogP contribution < -0.4 is 14.8 Å². The van der Waals surface area contributed by atoms with Gasteiger partial charge in [0, 0.05) is 7.05 Å². The lowest BCUT2D eigenvalue weighted by molar-refractivity contribution is -0.114. The van der Waals surface area contributed by atoms with E-state index in [4.69, 9.17) is 21.1 Å². The van der Waals surface area contributed by atoms with Crippen molar-refractivity contribution in [2.45, 2.75) is 0 Å². The molecule has 1 N–H and O–H groups in total. The Balaban J connectivity index is 1.94. The van der Waals surface area contributed by atoms with Crippen LogP contribution in [0.4, 0.5) is 4.39 Å². The maximum absolute atomic E-state index is 14.6. The molecule has 0 fully saturated rings. The summed E-state index contributed by atoms with van der Waals surface area (Å²) in [5.41, 5.74) is -0.486. The highest BCUT2D eigenvalue weighted by Crippen LogP contribution is 2.31. The number of hydrogen-bond acceptors (Lipinski definition) is 7. The van der Waals surface area contributed by atoms with E-state index >= 15 is 0 Å². The monoisotopic (exact) mass is 430 g/mol. The van der Waals surface area contributed by atoms with Gasteiger partial charge in [0.05, 0.1) is 16.7 Å². The Morgan fingerprint density at radius 2 is 1.73 bits per heavy atom. The van der Waals surface area contributed by atoms with Crippen LogP contribution in [0.25, 0.3) is 0 Å². The van der Waals surface area contributed by atoms with Gasteiger partial charge in [-0.1, -0.05) is 35.0 Å². The van der Waals surface area contributed by atoms with E-state index in [1.165, 1.54) is 44.8 Å². The number of hydrogen-bond donors (Lipinski definition) is 1. The fourth-order valence-corrected chi connectivity index (χ4v) is 2.59. The normalized spacial score (nSPS) is 11.0. The molecule has 0 aliphatic carbocycles. The molecule has 1 heterocycles. The predicted octanol–water partition coefficient (Wildman–Crippen LogP) is 3.95. The van der Waals surface area contributed by atoms with Crippen molar-refractivity contribution < 1.29 is 23.5 Å². The number of para-hydroxylation sites is 1. The number of halogens is 2. The Morgan fingerprint density at radius 1 is 1.07 bits per heavy atom.